The second-order valence-electron chi connectivity index (χ2n) is 3.85. The molecule has 0 unspecified atom stereocenters. The van der Waals surface area contributed by atoms with Gasteiger partial charge in [0.15, 0.2) is 0 Å². The van der Waals surface area contributed by atoms with Crippen LogP contribution in [-0.4, -0.2) is 61.5 Å². The summed E-state index contributed by atoms with van der Waals surface area (Å²) in [6.07, 6.45) is -3.58. The van der Waals surface area contributed by atoms with E-state index in [2.05, 4.69) is 25.3 Å². The highest BCUT2D eigenvalue weighted by molar-refractivity contribution is 7.99. The fourth-order valence-electron chi connectivity index (χ4n) is 1.65. The van der Waals surface area contributed by atoms with Gasteiger partial charge in [-0.05, 0) is 13.3 Å². The van der Waals surface area contributed by atoms with Crippen molar-refractivity contribution in [2.45, 2.75) is 43.0 Å². The lowest BCUT2D eigenvalue weighted by Gasteiger charge is -2.44. The molecule has 0 heterocycles. The molecule has 0 aromatic heterocycles. The molecule has 0 aromatic carbocycles. The Balaban J connectivity index is 5.52. The van der Waals surface area contributed by atoms with E-state index in [1.165, 1.54) is 6.92 Å². The fourth-order valence-corrected chi connectivity index (χ4v) is 2.33. The summed E-state index contributed by atoms with van der Waals surface area (Å²) in [5.41, 5.74) is -2.19. The maximum absolute atomic E-state index is 11.5. The van der Waals surface area contributed by atoms with Crippen molar-refractivity contribution in [1.82, 2.24) is 0 Å². The van der Waals surface area contributed by atoms with E-state index in [0.29, 0.717) is 0 Å². The smallest absolute Gasteiger partial charge is 0.231 e. The molecule has 0 saturated carbocycles. The van der Waals surface area contributed by atoms with Crippen molar-refractivity contribution in [1.29, 1.82) is 0 Å². The van der Waals surface area contributed by atoms with Crippen molar-refractivity contribution >= 4 is 30.4 Å². The summed E-state index contributed by atoms with van der Waals surface area (Å²) < 4.78 is 5.10. The summed E-state index contributed by atoms with van der Waals surface area (Å²) in [5, 5.41) is 37.6. The van der Waals surface area contributed by atoms with Crippen molar-refractivity contribution < 1.29 is 30.0 Å². The first kappa shape index (κ1) is 18.2. The average molecular weight is 300 g/mol. The van der Waals surface area contributed by atoms with Gasteiger partial charge < -0.3 is 25.2 Å². The molecule has 0 saturated heterocycles. The summed E-state index contributed by atoms with van der Waals surface area (Å²) in [6, 6.07) is 0. The molecular formula is C10H20O6S2. The topological polar surface area (TPSA) is 107 Å². The molecule has 0 amide bonds. The molecule has 4 atom stereocenters. The van der Waals surface area contributed by atoms with Crippen LogP contribution in [0.2, 0.25) is 0 Å². The summed E-state index contributed by atoms with van der Waals surface area (Å²) in [7, 11) is 0. The molecule has 18 heavy (non-hydrogen) atoms. The van der Waals surface area contributed by atoms with Crippen LogP contribution in [0.4, 0.5) is 0 Å². The summed E-state index contributed by atoms with van der Waals surface area (Å²) in [6.45, 7) is 2.32. The third-order valence-corrected chi connectivity index (χ3v) is 4.02. The second kappa shape index (κ2) is 7.09. The van der Waals surface area contributed by atoms with E-state index in [4.69, 9.17) is 9.84 Å². The number of carbonyl (C=O) groups is 1. The lowest BCUT2D eigenvalue weighted by molar-refractivity contribution is -0.204. The van der Waals surface area contributed by atoms with Crippen molar-refractivity contribution in [3.05, 3.63) is 0 Å². The zero-order valence-corrected chi connectivity index (χ0v) is 12.1. The highest BCUT2D eigenvalue weighted by Crippen LogP contribution is 2.39. The number of aliphatic hydroxyl groups excluding tert-OH is 3. The molecule has 0 aliphatic rings. The largest absolute Gasteiger partial charge is 0.394 e. The van der Waals surface area contributed by atoms with E-state index in [1.54, 1.807) is 6.92 Å². The maximum atomic E-state index is 11.5. The lowest BCUT2D eigenvalue weighted by atomic mass is 9.84. The van der Waals surface area contributed by atoms with Crippen LogP contribution < -0.4 is 0 Å². The van der Waals surface area contributed by atoms with Crippen molar-refractivity contribution in [3.63, 3.8) is 0 Å². The third-order valence-electron chi connectivity index (χ3n) is 2.81. The Hall–Kier alpha value is 0.170. The molecule has 0 aromatic rings. The van der Waals surface area contributed by atoms with E-state index < -0.39 is 34.5 Å². The van der Waals surface area contributed by atoms with E-state index in [1.807, 2.05) is 0 Å². The molecule has 0 aliphatic carbocycles. The van der Waals surface area contributed by atoms with Crippen molar-refractivity contribution in [2.75, 3.05) is 13.2 Å². The summed E-state index contributed by atoms with van der Waals surface area (Å²) >= 11 is 7.57. The van der Waals surface area contributed by atoms with Gasteiger partial charge in [0, 0.05) is 6.61 Å². The molecular weight excluding hydrogens is 280 g/mol. The molecule has 0 radical (unpaired) electrons. The van der Waals surface area contributed by atoms with Crippen LogP contribution in [0.5, 0.6) is 0 Å². The number of aliphatic hydroxyl groups is 4. The summed E-state index contributed by atoms with van der Waals surface area (Å²) in [5.74, 6) is 0. The SMILES string of the molecule is CCO[C@](S)(C(=O)S)[C@@](O)(CC)[C@H](O)[C@H](O)CO. The summed E-state index contributed by atoms with van der Waals surface area (Å²) in [4.78, 5) is 9.44. The van der Waals surface area contributed by atoms with Gasteiger partial charge in [0.05, 0.1) is 6.61 Å². The quantitative estimate of drug-likeness (QED) is 0.253. The number of hydrogen-bond acceptors (Lipinski definition) is 7. The zero-order valence-electron chi connectivity index (χ0n) is 10.3. The van der Waals surface area contributed by atoms with E-state index in [0.717, 1.165) is 0 Å². The van der Waals surface area contributed by atoms with Crippen LogP contribution in [0.15, 0.2) is 0 Å². The van der Waals surface area contributed by atoms with Crippen LogP contribution >= 0.6 is 25.3 Å². The minimum atomic E-state index is -2.19. The van der Waals surface area contributed by atoms with E-state index >= 15 is 0 Å². The predicted octanol–water partition coefficient (Wildman–Crippen LogP) is -1.04. The van der Waals surface area contributed by atoms with Crippen molar-refractivity contribution in [3.8, 4) is 0 Å². The first-order chi connectivity index (χ1) is 8.21. The third kappa shape index (κ3) is 3.19. The van der Waals surface area contributed by atoms with Crippen LogP contribution in [0.3, 0.4) is 0 Å². The van der Waals surface area contributed by atoms with Gasteiger partial charge in [0.1, 0.15) is 17.8 Å². The molecule has 8 heteroatoms. The van der Waals surface area contributed by atoms with Crippen molar-refractivity contribution in [2.24, 2.45) is 0 Å². The maximum Gasteiger partial charge on any atom is 0.231 e. The number of ether oxygens (including phenoxy) is 1. The van der Waals surface area contributed by atoms with E-state index in [9.17, 15) is 20.1 Å². The van der Waals surface area contributed by atoms with Gasteiger partial charge in [-0.1, -0.05) is 6.92 Å². The number of rotatable bonds is 8. The van der Waals surface area contributed by atoms with Gasteiger partial charge in [-0.3, -0.25) is 4.79 Å². The Labute approximate surface area is 117 Å². The Kier molecular flexibility index (Phi) is 7.15. The van der Waals surface area contributed by atoms with Gasteiger partial charge in [-0.2, -0.15) is 0 Å². The lowest BCUT2D eigenvalue weighted by Crippen LogP contribution is -2.65. The molecule has 0 bridgehead atoms. The first-order valence-corrected chi connectivity index (χ1v) is 6.39. The highest BCUT2D eigenvalue weighted by atomic mass is 32.1. The Bertz CT molecular complexity index is 290. The zero-order chi connectivity index (χ0) is 14.6. The van der Waals surface area contributed by atoms with E-state index in [-0.39, 0.29) is 13.0 Å². The normalized spacial score (nSPS) is 21.8. The number of carbonyl (C=O) groups excluding carboxylic acids is 1. The van der Waals surface area contributed by atoms with Gasteiger partial charge in [-0.25, -0.2) is 0 Å². The van der Waals surface area contributed by atoms with Crippen LogP contribution in [0.25, 0.3) is 0 Å². The number of hydrogen-bond donors (Lipinski definition) is 6. The molecule has 0 aliphatic heterocycles. The highest BCUT2D eigenvalue weighted by Gasteiger charge is 2.58. The van der Waals surface area contributed by atoms with Crippen LogP contribution in [-0.2, 0) is 9.53 Å². The van der Waals surface area contributed by atoms with Crippen LogP contribution in [0, 0.1) is 0 Å². The molecule has 0 rings (SSSR count). The Morgan fingerprint density at radius 3 is 2.17 bits per heavy atom. The second-order valence-corrected chi connectivity index (χ2v) is 4.89. The van der Waals surface area contributed by atoms with Gasteiger partial charge in [0.25, 0.3) is 0 Å². The minimum absolute atomic E-state index is 0.0417. The van der Waals surface area contributed by atoms with Gasteiger partial charge in [0.2, 0.25) is 10.0 Å². The van der Waals surface area contributed by atoms with Gasteiger partial charge in [-0.15, -0.1) is 25.3 Å². The molecule has 0 fully saturated rings. The Morgan fingerprint density at radius 2 is 1.89 bits per heavy atom. The molecule has 0 spiro atoms. The predicted molar refractivity (Wildman–Crippen MR) is 71.7 cm³/mol. The van der Waals surface area contributed by atoms with Gasteiger partial charge >= 0.3 is 0 Å². The molecule has 4 N–H and O–H groups in total. The monoisotopic (exact) mass is 300 g/mol. The molecule has 108 valence electrons. The fraction of sp³-hybridized carbons (Fsp3) is 0.900. The minimum Gasteiger partial charge on any atom is -0.394 e. The standard InChI is InChI=1S/C10H20O6S2/c1-3-9(15,7(13)6(12)5-11)10(18,8(14)17)16-4-2/h6-7,11-13,15,18H,3-5H2,1-2H3,(H,14,17)/t6-,7-,9-,10+/m1/s1. The Morgan fingerprint density at radius 1 is 1.39 bits per heavy atom. The number of thiol groups is 2. The molecule has 6 nitrogen and oxygen atoms in total. The average Bonchev–Trinajstić information content (AvgIpc) is 2.35. The van der Waals surface area contributed by atoms with Crippen LogP contribution in [0.1, 0.15) is 20.3 Å². The first-order valence-electron chi connectivity index (χ1n) is 5.50.